The Hall–Kier alpha value is -1.59. The molecule has 0 spiro atoms. The number of piperazine rings is 1. The molecule has 1 amide bonds. The Balaban J connectivity index is 1.43. The lowest BCUT2D eigenvalue weighted by atomic mass is 9.79. The first-order valence-electron chi connectivity index (χ1n) is 12.8. The Morgan fingerprint density at radius 2 is 1.71 bits per heavy atom. The third-order valence-electron chi connectivity index (χ3n) is 8.46. The Morgan fingerprint density at radius 3 is 2.44 bits per heavy atom. The minimum absolute atomic E-state index is 0.227. The number of hydrogen-bond acceptors (Lipinski definition) is 2. The predicted molar refractivity (Wildman–Crippen MR) is 139 cm³/mol. The lowest BCUT2D eigenvalue weighted by molar-refractivity contribution is -0.954. The average Bonchev–Trinajstić information content (AvgIpc) is 3.37. The minimum atomic E-state index is 0.227. The third-order valence-corrected chi connectivity index (χ3v) is 9.20. The summed E-state index contributed by atoms with van der Waals surface area (Å²) in [6, 6.07) is 17.7. The zero-order valence-corrected chi connectivity index (χ0v) is 21.6. The molecular formula is C28H36Cl2N3O+. The zero-order valence-electron chi connectivity index (χ0n) is 20.1. The van der Waals surface area contributed by atoms with Gasteiger partial charge >= 0.3 is 0 Å². The fourth-order valence-corrected chi connectivity index (χ4v) is 7.09. The summed E-state index contributed by atoms with van der Waals surface area (Å²) < 4.78 is 1.02. The van der Waals surface area contributed by atoms with Gasteiger partial charge in [0.25, 0.3) is 0 Å². The predicted octanol–water partition coefficient (Wildman–Crippen LogP) is 5.41. The Kier molecular flexibility index (Phi) is 7.22. The number of carbonyl (C=O) groups excluding carboxylic acids is 1. The topological polar surface area (TPSA) is 23.6 Å². The van der Waals surface area contributed by atoms with Gasteiger partial charge in [-0.25, -0.2) is 0 Å². The molecule has 4 unspecified atom stereocenters. The number of rotatable bonds is 5. The molecule has 4 atom stereocenters. The number of quaternary nitrogens is 1. The first kappa shape index (κ1) is 24.1. The smallest absolute Gasteiger partial charge is 0.227 e. The lowest BCUT2D eigenvalue weighted by Gasteiger charge is -2.57. The number of benzene rings is 2. The van der Waals surface area contributed by atoms with E-state index in [2.05, 4.69) is 47.2 Å². The van der Waals surface area contributed by atoms with Crippen LogP contribution in [0.3, 0.4) is 0 Å². The van der Waals surface area contributed by atoms with E-state index in [0.717, 1.165) is 29.7 Å². The van der Waals surface area contributed by atoms with E-state index in [4.69, 9.17) is 23.2 Å². The van der Waals surface area contributed by atoms with Crippen LogP contribution >= 0.6 is 23.2 Å². The molecule has 2 heterocycles. The monoisotopic (exact) mass is 500 g/mol. The van der Waals surface area contributed by atoms with Crippen molar-refractivity contribution < 1.29 is 9.28 Å². The maximum atomic E-state index is 13.8. The van der Waals surface area contributed by atoms with Gasteiger partial charge in [0.2, 0.25) is 5.91 Å². The molecule has 0 bridgehead atoms. The van der Waals surface area contributed by atoms with Crippen LogP contribution < -0.4 is 0 Å². The number of hydrogen-bond donors (Lipinski definition) is 0. The van der Waals surface area contributed by atoms with Crippen LogP contribution in [0.25, 0.3) is 0 Å². The highest BCUT2D eigenvalue weighted by atomic mass is 35.5. The minimum Gasteiger partial charge on any atom is -0.326 e. The summed E-state index contributed by atoms with van der Waals surface area (Å²) in [5, 5.41) is 1.05. The first-order valence-corrected chi connectivity index (χ1v) is 13.6. The van der Waals surface area contributed by atoms with Crippen LogP contribution in [-0.4, -0.2) is 71.5 Å². The average molecular weight is 502 g/mol. The van der Waals surface area contributed by atoms with Gasteiger partial charge in [-0.3, -0.25) is 9.69 Å². The lowest BCUT2D eigenvalue weighted by Crippen LogP contribution is -2.74. The fraction of sp³-hybridized carbons (Fsp3) is 0.536. The van der Waals surface area contributed by atoms with E-state index in [9.17, 15) is 4.79 Å². The highest BCUT2D eigenvalue weighted by molar-refractivity contribution is 6.42. The molecule has 34 heavy (non-hydrogen) atoms. The van der Waals surface area contributed by atoms with Crippen LogP contribution in [0, 0.1) is 0 Å². The van der Waals surface area contributed by atoms with Gasteiger partial charge in [-0.2, -0.15) is 0 Å². The summed E-state index contributed by atoms with van der Waals surface area (Å²) in [5.41, 5.74) is 2.33. The van der Waals surface area contributed by atoms with Gasteiger partial charge < -0.3 is 9.38 Å². The molecule has 0 aromatic heterocycles. The molecule has 2 aromatic rings. The van der Waals surface area contributed by atoms with E-state index < -0.39 is 0 Å². The number of halogens is 2. The molecule has 0 N–H and O–H groups in total. The molecule has 182 valence electrons. The number of amides is 1. The summed E-state index contributed by atoms with van der Waals surface area (Å²) in [6.45, 7) is 5.19. The molecule has 2 aromatic carbocycles. The van der Waals surface area contributed by atoms with E-state index in [1.807, 2.05) is 12.1 Å². The summed E-state index contributed by atoms with van der Waals surface area (Å²) >= 11 is 12.4. The second-order valence-electron chi connectivity index (χ2n) is 10.7. The second kappa shape index (κ2) is 10.2. The van der Waals surface area contributed by atoms with Gasteiger partial charge in [-0.1, -0.05) is 59.6 Å². The van der Waals surface area contributed by atoms with E-state index in [0.29, 0.717) is 28.5 Å². The van der Waals surface area contributed by atoms with Crippen molar-refractivity contribution in [2.45, 2.75) is 63.2 Å². The fourth-order valence-electron chi connectivity index (χ4n) is 6.77. The molecule has 6 heteroatoms. The maximum Gasteiger partial charge on any atom is 0.227 e. The summed E-state index contributed by atoms with van der Waals surface area (Å²) in [7, 11) is 2.43. The van der Waals surface area contributed by atoms with Crippen molar-refractivity contribution in [3.05, 3.63) is 69.7 Å². The van der Waals surface area contributed by atoms with Crippen LogP contribution in [0.4, 0.5) is 0 Å². The van der Waals surface area contributed by atoms with E-state index >= 15 is 0 Å². The largest absolute Gasteiger partial charge is 0.326 e. The molecule has 1 aliphatic carbocycles. The van der Waals surface area contributed by atoms with Gasteiger partial charge in [0.15, 0.2) is 0 Å². The molecule has 0 radical (unpaired) electrons. The van der Waals surface area contributed by atoms with Crippen molar-refractivity contribution in [2.24, 2.45) is 0 Å². The van der Waals surface area contributed by atoms with Crippen LogP contribution in [0.2, 0.25) is 10.0 Å². The molecule has 4 nitrogen and oxygen atoms in total. The number of likely N-dealkylation sites (tertiary alicyclic amines) is 1. The normalized spacial score (nSPS) is 29.7. The SMILES string of the molecule is C[N+]1(Cc2ccccc2)CCN(C(=O)Cc2ccc(Cl)c(Cl)c2)C2C(N3CCCC3)CCCC21. The Labute approximate surface area is 214 Å². The molecule has 2 aliphatic heterocycles. The van der Waals surface area contributed by atoms with Gasteiger partial charge in [0.1, 0.15) is 12.6 Å². The van der Waals surface area contributed by atoms with Crippen molar-refractivity contribution >= 4 is 29.1 Å². The highest BCUT2D eigenvalue weighted by Crippen LogP contribution is 2.39. The molecule has 5 rings (SSSR count). The first-order chi connectivity index (χ1) is 16.4. The van der Waals surface area contributed by atoms with Crippen LogP contribution in [0.5, 0.6) is 0 Å². The summed E-state index contributed by atoms with van der Waals surface area (Å²) in [4.78, 5) is 18.7. The van der Waals surface area contributed by atoms with Crippen LogP contribution in [0.1, 0.15) is 43.2 Å². The standard InChI is InChI=1S/C28H36Cl2N3O/c1-33(20-21-8-3-2-4-9-21)17-16-32(27(34)19-22-12-13-23(29)24(30)18-22)28-25(10-7-11-26(28)33)31-14-5-6-15-31/h2-4,8-9,12-13,18,25-26,28H,5-7,10-11,14-17,19-20H2,1H3/q+1. The number of nitrogens with zero attached hydrogens (tertiary/aromatic N) is 3. The quantitative estimate of drug-likeness (QED) is 0.512. The van der Waals surface area contributed by atoms with Gasteiger partial charge in [-0.15, -0.1) is 0 Å². The van der Waals surface area contributed by atoms with Crippen molar-refractivity contribution in [2.75, 3.05) is 33.2 Å². The Bertz CT molecular complexity index is 1010. The van der Waals surface area contributed by atoms with Crippen molar-refractivity contribution in [1.29, 1.82) is 0 Å². The van der Waals surface area contributed by atoms with E-state index in [1.54, 1.807) is 6.07 Å². The number of fused-ring (bicyclic) bond motifs is 1. The van der Waals surface area contributed by atoms with Crippen LogP contribution in [0.15, 0.2) is 48.5 Å². The van der Waals surface area contributed by atoms with Crippen LogP contribution in [-0.2, 0) is 17.8 Å². The number of likely N-dealkylation sites (N-methyl/N-ethyl adjacent to an activating group) is 1. The Morgan fingerprint density at radius 1 is 0.941 bits per heavy atom. The van der Waals surface area contributed by atoms with E-state index in [-0.39, 0.29) is 11.9 Å². The van der Waals surface area contributed by atoms with E-state index in [1.165, 1.54) is 50.8 Å². The molecule has 2 saturated heterocycles. The maximum absolute atomic E-state index is 13.8. The summed E-state index contributed by atoms with van der Waals surface area (Å²) in [5.74, 6) is 0.227. The van der Waals surface area contributed by atoms with Crippen molar-refractivity contribution in [1.82, 2.24) is 9.80 Å². The molecule has 3 fully saturated rings. The molecule has 1 saturated carbocycles. The second-order valence-corrected chi connectivity index (χ2v) is 11.5. The summed E-state index contributed by atoms with van der Waals surface area (Å²) in [6.07, 6.45) is 6.58. The zero-order chi connectivity index (χ0) is 23.7. The van der Waals surface area contributed by atoms with Gasteiger partial charge in [-0.05, 0) is 56.5 Å². The molecular weight excluding hydrogens is 465 g/mol. The third kappa shape index (κ3) is 4.88. The number of carbonyl (C=O) groups is 1. The highest BCUT2D eigenvalue weighted by Gasteiger charge is 2.53. The van der Waals surface area contributed by atoms with Gasteiger partial charge in [0, 0.05) is 18.0 Å². The van der Waals surface area contributed by atoms with Crippen molar-refractivity contribution in [3.8, 4) is 0 Å². The van der Waals surface area contributed by atoms with Gasteiger partial charge in [0.05, 0.1) is 42.6 Å². The van der Waals surface area contributed by atoms with Crippen molar-refractivity contribution in [3.63, 3.8) is 0 Å². The molecule has 3 aliphatic rings.